The summed E-state index contributed by atoms with van der Waals surface area (Å²) in [4.78, 5) is 10.6. The Kier molecular flexibility index (Phi) is 1.92. The predicted octanol–water partition coefficient (Wildman–Crippen LogP) is 0.617. The number of phenols is 1. The Morgan fingerprint density at radius 3 is 2.93 bits per heavy atom. The number of carbonyl (C=O) groups is 1. The van der Waals surface area contributed by atoms with Gasteiger partial charge in [0.2, 0.25) is 6.10 Å². The third kappa shape index (κ3) is 1.44. The molecular weight excluding hydrogens is 188 g/mol. The predicted molar refractivity (Wildman–Crippen MR) is 45.7 cm³/mol. The Labute approximate surface area is 79.5 Å². The fraction of sp³-hybridized carbons (Fsp3) is 0.222. The number of aromatic hydroxyl groups is 1. The summed E-state index contributed by atoms with van der Waals surface area (Å²) < 4.78 is 10.2. The number of fused-ring (bicyclic) bond motifs is 1. The van der Waals surface area contributed by atoms with Gasteiger partial charge in [0, 0.05) is 6.07 Å². The number of benzene rings is 1. The Hall–Kier alpha value is -1.91. The van der Waals surface area contributed by atoms with E-state index in [0.717, 1.165) is 0 Å². The van der Waals surface area contributed by atoms with Crippen LogP contribution < -0.4 is 9.47 Å². The minimum Gasteiger partial charge on any atom is -0.508 e. The Bertz CT molecular complexity index is 373. The largest absolute Gasteiger partial charge is 0.508 e. The monoisotopic (exact) mass is 196 g/mol. The third-order valence-electron chi connectivity index (χ3n) is 1.86. The molecule has 1 aliphatic rings. The highest BCUT2D eigenvalue weighted by atomic mass is 16.6. The molecule has 1 heterocycles. The summed E-state index contributed by atoms with van der Waals surface area (Å²) in [5, 5.41) is 17.8. The highest BCUT2D eigenvalue weighted by Gasteiger charge is 2.26. The number of hydrogen-bond acceptors (Lipinski definition) is 4. The van der Waals surface area contributed by atoms with Crippen LogP contribution in [0.4, 0.5) is 0 Å². The van der Waals surface area contributed by atoms with Crippen LogP contribution in [0.2, 0.25) is 0 Å². The number of rotatable bonds is 1. The molecule has 1 unspecified atom stereocenters. The maximum atomic E-state index is 10.6. The molecule has 2 N–H and O–H groups in total. The van der Waals surface area contributed by atoms with E-state index < -0.39 is 12.1 Å². The van der Waals surface area contributed by atoms with Gasteiger partial charge < -0.3 is 19.7 Å². The molecule has 5 nitrogen and oxygen atoms in total. The average Bonchev–Trinajstić information content (AvgIpc) is 2.16. The molecule has 0 saturated heterocycles. The van der Waals surface area contributed by atoms with Gasteiger partial charge in [0.25, 0.3) is 0 Å². The second kappa shape index (κ2) is 3.10. The normalized spacial score (nSPS) is 19.0. The number of carboxylic acids is 1. The lowest BCUT2D eigenvalue weighted by molar-refractivity contribution is -0.147. The maximum Gasteiger partial charge on any atom is 0.348 e. The Morgan fingerprint density at radius 2 is 2.21 bits per heavy atom. The first-order valence-electron chi connectivity index (χ1n) is 4.02. The van der Waals surface area contributed by atoms with Crippen LogP contribution in [0, 0.1) is 0 Å². The molecule has 14 heavy (non-hydrogen) atoms. The molecule has 1 aliphatic heterocycles. The van der Waals surface area contributed by atoms with E-state index in [4.69, 9.17) is 19.7 Å². The van der Waals surface area contributed by atoms with Gasteiger partial charge in [-0.2, -0.15) is 0 Å². The SMILES string of the molecule is O=C(O)C1COc2ccc(O)cc2O1. The Balaban J connectivity index is 2.29. The van der Waals surface area contributed by atoms with E-state index in [1.54, 1.807) is 0 Å². The first kappa shape index (κ1) is 8.68. The number of ether oxygens (including phenoxy) is 2. The summed E-state index contributed by atoms with van der Waals surface area (Å²) in [7, 11) is 0. The van der Waals surface area contributed by atoms with Crippen molar-refractivity contribution in [1.29, 1.82) is 0 Å². The molecule has 1 atom stereocenters. The fourth-order valence-corrected chi connectivity index (χ4v) is 1.18. The van der Waals surface area contributed by atoms with Crippen molar-refractivity contribution in [1.82, 2.24) is 0 Å². The van der Waals surface area contributed by atoms with Crippen molar-refractivity contribution in [2.75, 3.05) is 6.61 Å². The number of hydrogen-bond donors (Lipinski definition) is 2. The van der Waals surface area contributed by atoms with E-state index in [9.17, 15) is 4.79 Å². The number of aliphatic carboxylic acids is 1. The molecule has 1 aromatic rings. The molecule has 0 saturated carbocycles. The van der Waals surface area contributed by atoms with Crippen molar-refractivity contribution in [3.8, 4) is 17.2 Å². The molecule has 0 fully saturated rings. The summed E-state index contributed by atoms with van der Waals surface area (Å²) in [6, 6.07) is 4.30. The van der Waals surface area contributed by atoms with Gasteiger partial charge in [-0.1, -0.05) is 0 Å². The minimum atomic E-state index is -1.08. The van der Waals surface area contributed by atoms with Crippen LogP contribution in [-0.2, 0) is 4.79 Å². The standard InChI is InChI=1S/C9H8O5/c10-5-1-2-6-7(3-5)14-8(4-13-6)9(11)12/h1-3,8,10H,4H2,(H,11,12). The van der Waals surface area contributed by atoms with Crippen LogP contribution in [0.15, 0.2) is 18.2 Å². The highest BCUT2D eigenvalue weighted by molar-refractivity contribution is 5.73. The van der Waals surface area contributed by atoms with Crippen molar-refractivity contribution in [2.24, 2.45) is 0 Å². The second-order valence-electron chi connectivity index (χ2n) is 2.89. The van der Waals surface area contributed by atoms with Crippen LogP contribution in [0.1, 0.15) is 0 Å². The van der Waals surface area contributed by atoms with Gasteiger partial charge in [-0.25, -0.2) is 4.79 Å². The highest BCUT2D eigenvalue weighted by Crippen LogP contribution is 2.34. The maximum absolute atomic E-state index is 10.6. The number of phenolic OH excluding ortho intramolecular Hbond substituents is 1. The van der Waals surface area contributed by atoms with Crippen LogP contribution in [0.3, 0.4) is 0 Å². The molecule has 0 amide bonds. The van der Waals surface area contributed by atoms with E-state index in [1.165, 1.54) is 18.2 Å². The van der Waals surface area contributed by atoms with E-state index >= 15 is 0 Å². The lowest BCUT2D eigenvalue weighted by Crippen LogP contribution is -2.36. The first-order valence-corrected chi connectivity index (χ1v) is 4.02. The van der Waals surface area contributed by atoms with Crippen LogP contribution in [0.25, 0.3) is 0 Å². The zero-order valence-corrected chi connectivity index (χ0v) is 7.14. The van der Waals surface area contributed by atoms with E-state index in [1.807, 2.05) is 0 Å². The lowest BCUT2D eigenvalue weighted by atomic mass is 10.2. The smallest absolute Gasteiger partial charge is 0.348 e. The summed E-state index contributed by atoms with van der Waals surface area (Å²) >= 11 is 0. The minimum absolute atomic E-state index is 0.0124. The lowest BCUT2D eigenvalue weighted by Gasteiger charge is -2.23. The molecule has 1 aromatic carbocycles. The first-order chi connectivity index (χ1) is 6.66. The average molecular weight is 196 g/mol. The molecule has 0 aliphatic carbocycles. The van der Waals surface area contributed by atoms with Crippen molar-refractivity contribution in [2.45, 2.75) is 6.10 Å². The molecule has 5 heteroatoms. The van der Waals surface area contributed by atoms with Gasteiger partial charge >= 0.3 is 5.97 Å². The molecule has 74 valence electrons. The zero-order chi connectivity index (χ0) is 10.1. The van der Waals surface area contributed by atoms with Gasteiger partial charge in [-0.05, 0) is 12.1 Å². The van der Waals surface area contributed by atoms with Crippen molar-refractivity contribution in [3.05, 3.63) is 18.2 Å². The van der Waals surface area contributed by atoms with Gasteiger partial charge in [-0.3, -0.25) is 0 Å². The van der Waals surface area contributed by atoms with Crippen molar-refractivity contribution >= 4 is 5.97 Å². The molecule has 0 spiro atoms. The summed E-state index contributed by atoms with van der Waals surface area (Å²) in [6.07, 6.45) is -1.01. The van der Waals surface area contributed by atoms with E-state index in [0.29, 0.717) is 5.75 Å². The van der Waals surface area contributed by atoms with Gasteiger partial charge in [0.15, 0.2) is 11.5 Å². The van der Waals surface area contributed by atoms with Crippen molar-refractivity contribution < 1.29 is 24.5 Å². The zero-order valence-electron chi connectivity index (χ0n) is 7.14. The fourth-order valence-electron chi connectivity index (χ4n) is 1.18. The van der Waals surface area contributed by atoms with E-state index in [2.05, 4.69) is 0 Å². The number of carboxylic acid groups (broad SMARTS) is 1. The topological polar surface area (TPSA) is 76.0 Å². The Morgan fingerprint density at radius 1 is 1.43 bits per heavy atom. The van der Waals surface area contributed by atoms with E-state index in [-0.39, 0.29) is 18.1 Å². The molecule has 0 aromatic heterocycles. The molecule has 0 bridgehead atoms. The quantitative estimate of drug-likeness (QED) is 0.688. The van der Waals surface area contributed by atoms with Crippen molar-refractivity contribution in [3.63, 3.8) is 0 Å². The van der Waals surface area contributed by atoms with Crippen LogP contribution >= 0.6 is 0 Å². The van der Waals surface area contributed by atoms with Gasteiger partial charge in [0.1, 0.15) is 12.4 Å². The molecule has 2 rings (SSSR count). The van der Waals surface area contributed by atoms with Crippen LogP contribution in [0.5, 0.6) is 17.2 Å². The summed E-state index contributed by atoms with van der Waals surface area (Å²) in [5.74, 6) is -0.374. The van der Waals surface area contributed by atoms with Gasteiger partial charge in [0.05, 0.1) is 0 Å². The molecular formula is C9H8O5. The summed E-state index contributed by atoms with van der Waals surface area (Å²) in [6.45, 7) is -0.0207. The third-order valence-corrected chi connectivity index (χ3v) is 1.86. The molecule has 0 radical (unpaired) electrons. The van der Waals surface area contributed by atoms with Crippen LogP contribution in [-0.4, -0.2) is 28.9 Å². The van der Waals surface area contributed by atoms with Gasteiger partial charge in [-0.15, -0.1) is 0 Å². The second-order valence-corrected chi connectivity index (χ2v) is 2.89. The summed E-state index contributed by atoms with van der Waals surface area (Å²) in [5.41, 5.74) is 0.